The van der Waals surface area contributed by atoms with Crippen LogP contribution in [0.5, 0.6) is 5.75 Å². The molecule has 2 aromatic rings. The number of amides is 1. The number of carbonyl (C=O) groups excluding carboxylic acids is 1. The number of aromatic nitrogens is 2. The van der Waals surface area contributed by atoms with Gasteiger partial charge in [0.25, 0.3) is 11.5 Å². The Balaban J connectivity index is 2.30. The molecule has 1 radical (unpaired) electrons. The first-order chi connectivity index (χ1) is 11.1. The van der Waals surface area contributed by atoms with E-state index >= 15 is 0 Å². The van der Waals surface area contributed by atoms with Crippen LogP contribution in [0.25, 0.3) is 0 Å². The van der Waals surface area contributed by atoms with E-state index in [1.54, 1.807) is 0 Å². The summed E-state index contributed by atoms with van der Waals surface area (Å²) in [6.07, 6.45) is 0. The Morgan fingerprint density at radius 2 is 1.96 bits per heavy atom. The lowest BCUT2D eigenvalue weighted by atomic mass is 10.1. The molecular formula is C16H18FN4O3. The normalized spacial score (nSPS) is 11.4. The van der Waals surface area contributed by atoms with Crippen LogP contribution < -0.4 is 16.6 Å². The predicted molar refractivity (Wildman–Crippen MR) is 84.8 cm³/mol. The van der Waals surface area contributed by atoms with Crippen LogP contribution in [0.4, 0.5) is 4.39 Å². The molecule has 1 amide bonds. The number of halogens is 1. The summed E-state index contributed by atoms with van der Waals surface area (Å²) < 4.78 is 13.9. The van der Waals surface area contributed by atoms with Gasteiger partial charge in [-0.1, -0.05) is 12.1 Å². The average molecular weight is 333 g/mol. The molecule has 3 N–H and O–H groups in total. The molecule has 1 aromatic heterocycles. The zero-order valence-electron chi connectivity index (χ0n) is 13.6. The predicted octanol–water partition coefficient (Wildman–Crippen LogP) is 1.07. The summed E-state index contributed by atoms with van der Waals surface area (Å²) in [4.78, 5) is 28.3. The van der Waals surface area contributed by atoms with Gasteiger partial charge in [-0.3, -0.25) is 14.2 Å². The molecule has 2 rings (SSSR count). The topological polar surface area (TPSA) is 108 Å². The third-order valence-corrected chi connectivity index (χ3v) is 3.41. The molecule has 0 saturated heterocycles. The van der Waals surface area contributed by atoms with Crippen LogP contribution in [0.3, 0.4) is 0 Å². The molecule has 0 atom stereocenters. The zero-order valence-corrected chi connectivity index (χ0v) is 13.6. The van der Waals surface area contributed by atoms with Crippen LogP contribution in [0.1, 0.15) is 35.7 Å². The Labute approximate surface area is 137 Å². The fourth-order valence-corrected chi connectivity index (χ4v) is 2.18. The molecule has 1 aromatic carbocycles. The Morgan fingerprint density at radius 1 is 1.38 bits per heavy atom. The molecule has 0 unspecified atom stereocenters. The van der Waals surface area contributed by atoms with Gasteiger partial charge in [-0.15, -0.1) is 0 Å². The maximum absolute atomic E-state index is 12.9. The Morgan fingerprint density at radius 3 is 2.50 bits per heavy atom. The highest BCUT2D eigenvalue weighted by Gasteiger charge is 2.26. The monoisotopic (exact) mass is 333 g/mol. The van der Waals surface area contributed by atoms with Crippen LogP contribution in [-0.4, -0.2) is 20.6 Å². The van der Waals surface area contributed by atoms with Gasteiger partial charge in [-0.2, -0.15) is 0 Å². The largest absolute Gasteiger partial charge is 0.501 e. The highest BCUT2D eigenvalue weighted by Crippen LogP contribution is 2.18. The SMILES string of the molecule is Cn1c(C(C)(C)[NH])nc(C(=O)NCc2ccc(F)cc2)c(O)c1=O. The number of nitrogens with one attached hydrogen (secondary N) is 2. The summed E-state index contributed by atoms with van der Waals surface area (Å²) in [5, 5.41) is 12.4. The second-order valence-corrected chi connectivity index (χ2v) is 5.93. The van der Waals surface area contributed by atoms with Gasteiger partial charge in [0.2, 0.25) is 5.75 Å². The van der Waals surface area contributed by atoms with Crippen molar-refractivity contribution in [2.45, 2.75) is 25.9 Å². The van der Waals surface area contributed by atoms with E-state index in [9.17, 15) is 19.1 Å². The van der Waals surface area contributed by atoms with Crippen molar-refractivity contribution in [2.24, 2.45) is 7.05 Å². The Hall–Kier alpha value is -2.74. The molecule has 8 heteroatoms. The van der Waals surface area contributed by atoms with Crippen molar-refractivity contribution < 1.29 is 14.3 Å². The first kappa shape index (κ1) is 17.6. The van der Waals surface area contributed by atoms with Gasteiger partial charge >= 0.3 is 0 Å². The van der Waals surface area contributed by atoms with E-state index in [0.717, 1.165) is 4.57 Å². The van der Waals surface area contributed by atoms with Gasteiger partial charge in [0.05, 0.1) is 5.54 Å². The van der Waals surface area contributed by atoms with Crippen LogP contribution in [-0.2, 0) is 19.1 Å². The van der Waals surface area contributed by atoms with Crippen molar-refractivity contribution in [3.63, 3.8) is 0 Å². The van der Waals surface area contributed by atoms with Crippen molar-refractivity contribution in [3.05, 3.63) is 57.5 Å². The third kappa shape index (κ3) is 3.60. The van der Waals surface area contributed by atoms with E-state index in [1.807, 2.05) is 0 Å². The number of carbonyl (C=O) groups is 1. The van der Waals surface area contributed by atoms with Gasteiger partial charge in [-0.05, 0) is 31.5 Å². The molecule has 127 valence electrons. The fourth-order valence-electron chi connectivity index (χ4n) is 2.18. The second kappa shape index (κ2) is 6.40. The molecule has 0 aliphatic rings. The van der Waals surface area contributed by atoms with Crippen molar-refractivity contribution >= 4 is 5.91 Å². The van der Waals surface area contributed by atoms with Gasteiger partial charge < -0.3 is 10.4 Å². The maximum atomic E-state index is 12.9. The van der Waals surface area contributed by atoms with Crippen molar-refractivity contribution in [1.29, 1.82) is 0 Å². The fraction of sp³-hybridized carbons (Fsp3) is 0.312. The number of benzene rings is 1. The molecule has 0 aliphatic heterocycles. The number of rotatable bonds is 4. The number of nitrogens with zero attached hydrogens (tertiary/aromatic N) is 2. The van der Waals surface area contributed by atoms with Gasteiger partial charge in [-0.25, -0.2) is 15.1 Å². The van der Waals surface area contributed by atoms with Gasteiger partial charge in [0.15, 0.2) is 5.69 Å². The number of hydrogen-bond acceptors (Lipinski definition) is 4. The third-order valence-electron chi connectivity index (χ3n) is 3.41. The van der Waals surface area contributed by atoms with E-state index in [4.69, 9.17) is 5.73 Å². The van der Waals surface area contributed by atoms with E-state index in [1.165, 1.54) is 45.2 Å². The number of aromatic hydroxyl groups is 1. The molecule has 1 heterocycles. The molecule has 7 nitrogen and oxygen atoms in total. The van der Waals surface area contributed by atoms with Crippen LogP contribution in [0, 0.1) is 5.82 Å². The molecular weight excluding hydrogens is 315 g/mol. The number of hydrogen-bond donors (Lipinski definition) is 2. The summed E-state index contributed by atoms with van der Waals surface area (Å²) in [6.45, 7) is 3.12. The van der Waals surface area contributed by atoms with E-state index in [0.29, 0.717) is 5.56 Å². The van der Waals surface area contributed by atoms with Crippen molar-refractivity contribution in [3.8, 4) is 5.75 Å². The van der Waals surface area contributed by atoms with Gasteiger partial charge in [0.1, 0.15) is 11.6 Å². The summed E-state index contributed by atoms with van der Waals surface area (Å²) in [7, 11) is 1.38. The molecule has 0 saturated carbocycles. The highest BCUT2D eigenvalue weighted by atomic mass is 19.1. The lowest BCUT2D eigenvalue weighted by Crippen LogP contribution is -2.35. The van der Waals surface area contributed by atoms with Gasteiger partial charge in [0, 0.05) is 13.6 Å². The molecule has 24 heavy (non-hydrogen) atoms. The molecule has 0 bridgehead atoms. The highest BCUT2D eigenvalue weighted by molar-refractivity contribution is 5.94. The minimum absolute atomic E-state index is 0.0530. The van der Waals surface area contributed by atoms with E-state index in [2.05, 4.69) is 10.3 Å². The van der Waals surface area contributed by atoms with Crippen LogP contribution >= 0.6 is 0 Å². The minimum atomic E-state index is -1.23. The molecule has 0 fully saturated rings. The summed E-state index contributed by atoms with van der Waals surface area (Å²) >= 11 is 0. The van der Waals surface area contributed by atoms with E-state index in [-0.39, 0.29) is 12.4 Å². The lowest BCUT2D eigenvalue weighted by Gasteiger charge is -2.20. The summed E-state index contributed by atoms with van der Waals surface area (Å²) in [5.74, 6) is -1.86. The Bertz CT molecular complexity index is 823. The van der Waals surface area contributed by atoms with E-state index < -0.39 is 34.3 Å². The minimum Gasteiger partial charge on any atom is -0.501 e. The smallest absolute Gasteiger partial charge is 0.296 e. The van der Waals surface area contributed by atoms with Crippen molar-refractivity contribution in [1.82, 2.24) is 20.6 Å². The quantitative estimate of drug-likeness (QED) is 0.872. The van der Waals surface area contributed by atoms with Crippen LogP contribution in [0.2, 0.25) is 0 Å². The summed E-state index contributed by atoms with van der Waals surface area (Å²) in [5.41, 5.74) is 6.19. The zero-order chi connectivity index (χ0) is 18.1. The standard InChI is InChI=1S/C16H18FN4O3/c1-16(2,18)15-20-11(12(22)14(24)21(15)3)13(23)19-8-9-4-6-10(17)7-5-9/h4-7,18,22H,8H2,1-3H3,(H,19,23). The second-order valence-electron chi connectivity index (χ2n) is 5.93. The summed E-state index contributed by atoms with van der Waals surface area (Å²) in [6, 6.07) is 5.53. The average Bonchev–Trinajstić information content (AvgIpc) is 2.51. The lowest BCUT2D eigenvalue weighted by molar-refractivity contribution is 0.0941. The first-order valence-corrected chi connectivity index (χ1v) is 7.19. The maximum Gasteiger partial charge on any atom is 0.296 e. The molecule has 0 spiro atoms. The molecule has 0 aliphatic carbocycles. The van der Waals surface area contributed by atoms with Crippen LogP contribution in [0.15, 0.2) is 29.1 Å². The first-order valence-electron chi connectivity index (χ1n) is 7.19. The Kier molecular flexibility index (Phi) is 4.70. The van der Waals surface area contributed by atoms with Crippen molar-refractivity contribution in [2.75, 3.05) is 0 Å².